The van der Waals surface area contributed by atoms with Crippen molar-refractivity contribution >= 4 is 36.2 Å². The molecule has 0 unspecified atom stereocenters. The van der Waals surface area contributed by atoms with Gasteiger partial charge in [0.2, 0.25) is 0 Å². The first kappa shape index (κ1) is 18.7. The number of hydrogen-bond acceptors (Lipinski definition) is 4. The number of rotatable bonds is 5. The molecule has 102 valence electrons. The van der Waals surface area contributed by atoms with Crippen LogP contribution in [0.3, 0.4) is 0 Å². The molecule has 2 N–H and O–H groups in total. The number of nitrogens with one attached hydrogen (secondary N) is 1. The lowest BCUT2D eigenvalue weighted by Gasteiger charge is -2.21. The number of carboxylic acid groups (broad SMARTS) is 1. The number of carboxylic acids is 1. The zero-order chi connectivity index (χ0) is 12.8. The average molecular weight is 286 g/mol. The number of hydrogen-bond donors (Lipinski definition) is 2. The topological polar surface area (TPSA) is 75.6 Å². The molecule has 0 radical (unpaired) electrons. The van der Waals surface area contributed by atoms with Gasteiger partial charge in [-0.1, -0.05) is 0 Å². The van der Waals surface area contributed by atoms with Crippen molar-refractivity contribution in [3.63, 3.8) is 0 Å². The fourth-order valence-corrected chi connectivity index (χ4v) is 1.41. The number of alkyl carbamates (subject to hydrolysis) is 1. The molecule has 0 aliphatic carbocycles. The summed E-state index contributed by atoms with van der Waals surface area (Å²) in [6.45, 7) is 5.18. The van der Waals surface area contributed by atoms with Crippen LogP contribution in [-0.2, 0) is 9.53 Å². The fourth-order valence-electron chi connectivity index (χ4n) is 0.943. The van der Waals surface area contributed by atoms with Gasteiger partial charge in [0.15, 0.2) is 0 Å². The Morgan fingerprint density at radius 1 is 1.41 bits per heavy atom. The van der Waals surface area contributed by atoms with Crippen molar-refractivity contribution in [3.05, 3.63) is 0 Å². The summed E-state index contributed by atoms with van der Waals surface area (Å²) in [7, 11) is 0. The summed E-state index contributed by atoms with van der Waals surface area (Å²) >= 11 is 1.53. The fraction of sp³-hybridized carbons (Fsp3) is 0.800. The summed E-state index contributed by atoms with van der Waals surface area (Å²) in [5.74, 6) is -0.368. The highest BCUT2D eigenvalue weighted by Gasteiger charge is 2.23. The van der Waals surface area contributed by atoms with E-state index < -0.39 is 23.7 Å². The first-order valence-electron chi connectivity index (χ1n) is 4.97. The van der Waals surface area contributed by atoms with E-state index in [1.165, 1.54) is 11.8 Å². The third kappa shape index (κ3) is 10.3. The summed E-state index contributed by atoms with van der Waals surface area (Å²) in [5.41, 5.74) is -0.618. The summed E-state index contributed by atoms with van der Waals surface area (Å²) < 4.78 is 4.98. The molecule has 0 saturated heterocycles. The van der Waals surface area contributed by atoms with E-state index >= 15 is 0 Å². The van der Waals surface area contributed by atoms with E-state index in [2.05, 4.69) is 5.32 Å². The van der Waals surface area contributed by atoms with Crippen LogP contribution >= 0.6 is 24.2 Å². The number of aliphatic carboxylic acids is 1. The second kappa shape index (κ2) is 8.47. The smallest absolute Gasteiger partial charge is 0.408 e. The Labute approximate surface area is 112 Å². The molecule has 0 saturated carbocycles. The number of ether oxygens (including phenoxy) is 1. The van der Waals surface area contributed by atoms with Gasteiger partial charge < -0.3 is 15.2 Å². The molecule has 17 heavy (non-hydrogen) atoms. The standard InChI is InChI=1S/C10H19NO4S.ClH/c1-10(2,3)15-9(14)11-7(8(12)13)5-6-16-4;/h7H,5-6H2,1-4H3,(H,11,14)(H,12,13);1H/t7-;/m0./s1. The van der Waals surface area contributed by atoms with Crippen LogP contribution in [0.25, 0.3) is 0 Å². The molecule has 0 aliphatic heterocycles. The maximum atomic E-state index is 11.3. The van der Waals surface area contributed by atoms with Crippen LogP contribution in [0, 0.1) is 0 Å². The lowest BCUT2D eigenvalue weighted by Crippen LogP contribution is -2.43. The molecular weight excluding hydrogens is 266 g/mol. The largest absolute Gasteiger partial charge is 0.480 e. The van der Waals surface area contributed by atoms with Gasteiger partial charge in [-0.15, -0.1) is 12.4 Å². The first-order chi connectivity index (χ1) is 7.26. The summed E-state index contributed by atoms with van der Waals surface area (Å²) in [6, 6.07) is -0.887. The Balaban J connectivity index is 0. The van der Waals surface area contributed by atoms with Gasteiger partial charge in [0.05, 0.1) is 0 Å². The molecule has 0 heterocycles. The van der Waals surface area contributed by atoms with Crippen LogP contribution in [0.4, 0.5) is 4.79 Å². The predicted molar refractivity (Wildman–Crippen MR) is 71.0 cm³/mol. The first-order valence-corrected chi connectivity index (χ1v) is 6.37. The molecule has 0 spiro atoms. The van der Waals surface area contributed by atoms with E-state index in [0.717, 1.165) is 0 Å². The minimum atomic E-state index is -1.04. The molecule has 0 rings (SSSR count). The maximum Gasteiger partial charge on any atom is 0.408 e. The molecule has 0 aliphatic rings. The van der Waals surface area contributed by atoms with Crippen LogP contribution in [0.5, 0.6) is 0 Å². The summed E-state index contributed by atoms with van der Waals surface area (Å²) in [5, 5.41) is 11.2. The lowest BCUT2D eigenvalue weighted by atomic mass is 10.2. The van der Waals surface area contributed by atoms with Crippen LogP contribution in [-0.4, -0.2) is 40.8 Å². The Morgan fingerprint density at radius 2 is 1.94 bits per heavy atom. The molecular formula is C10H20ClNO4S. The monoisotopic (exact) mass is 285 g/mol. The zero-order valence-corrected chi connectivity index (χ0v) is 12.1. The highest BCUT2D eigenvalue weighted by molar-refractivity contribution is 7.98. The lowest BCUT2D eigenvalue weighted by molar-refractivity contribution is -0.139. The number of carbonyl (C=O) groups excluding carboxylic acids is 1. The van der Waals surface area contributed by atoms with E-state index in [9.17, 15) is 9.59 Å². The number of amides is 1. The van der Waals surface area contributed by atoms with Crippen molar-refractivity contribution in [2.24, 2.45) is 0 Å². The molecule has 0 fully saturated rings. The van der Waals surface area contributed by atoms with Gasteiger partial charge in [0.1, 0.15) is 11.6 Å². The zero-order valence-electron chi connectivity index (χ0n) is 10.5. The van der Waals surface area contributed by atoms with Crippen molar-refractivity contribution in [2.75, 3.05) is 12.0 Å². The van der Waals surface area contributed by atoms with Crippen molar-refractivity contribution < 1.29 is 19.4 Å². The van der Waals surface area contributed by atoms with Gasteiger partial charge >= 0.3 is 12.1 Å². The number of carbonyl (C=O) groups is 2. The van der Waals surface area contributed by atoms with Gasteiger partial charge in [-0.25, -0.2) is 9.59 Å². The molecule has 5 nitrogen and oxygen atoms in total. The predicted octanol–water partition coefficient (Wildman–Crippen LogP) is 2.14. The average Bonchev–Trinajstić information content (AvgIpc) is 2.08. The Kier molecular flexibility index (Phi) is 9.33. The van der Waals surface area contributed by atoms with E-state index in [-0.39, 0.29) is 12.4 Å². The maximum absolute atomic E-state index is 11.3. The van der Waals surface area contributed by atoms with Gasteiger partial charge in [-0.05, 0) is 39.2 Å². The molecule has 0 aromatic rings. The Morgan fingerprint density at radius 3 is 2.29 bits per heavy atom. The second-order valence-electron chi connectivity index (χ2n) is 4.32. The van der Waals surface area contributed by atoms with E-state index in [0.29, 0.717) is 12.2 Å². The highest BCUT2D eigenvalue weighted by atomic mass is 35.5. The summed E-state index contributed by atoms with van der Waals surface area (Å²) in [4.78, 5) is 22.2. The minimum Gasteiger partial charge on any atom is -0.480 e. The van der Waals surface area contributed by atoms with Gasteiger partial charge in [0, 0.05) is 0 Å². The van der Waals surface area contributed by atoms with Crippen molar-refractivity contribution in [3.8, 4) is 0 Å². The second-order valence-corrected chi connectivity index (χ2v) is 5.30. The van der Waals surface area contributed by atoms with Crippen LogP contribution in [0.15, 0.2) is 0 Å². The van der Waals surface area contributed by atoms with E-state index in [4.69, 9.17) is 9.84 Å². The molecule has 0 aromatic carbocycles. The molecule has 1 amide bonds. The van der Waals surface area contributed by atoms with E-state index in [1.807, 2.05) is 6.26 Å². The SMILES string of the molecule is CSCC[C@H](NC(=O)OC(C)(C)C)C(=O)O.Cl. The normalized spacial score (nSPS) is 12.2. The Bertz CT molecular complexity index is 255. The summed E-state index contributed by atoms with van der Waals surface area (Å²) in [6.07, 6.45) is 1.57. The molecule has 1 atom stereocenters. The third-order valence-electron chi connectivity index (χ3n) is 1.60. The van der Waals surface area contributed by atoms with Crippen molar-refractivity contribution in [2.45, 2.75) is 38.8 Å². The molecule has 7 heteroatoms. The Hall–Kier alpha value is -0.620. The molecule has 0 aromatic heterocycles. The quantitative estimate of drug-likeness (QED) is 0.809. The van der Waals surface area contributed by atoms with Gasteiger partial charge in [-0.3, -0.25) is 0 Å². The van der Waals surface area contributed by atoms with Gasteiger partial charge in [0.25, 0.3) is 0 Å². The number of thioether (sulfide) groups is 1. The van der Waals surface area contributed by atoms with Crippen molar-refractivity contribution in [1.82, 2.24) is 5.32 Å². The minimum absolute atomic E-state index is 0. The van der Waals surface area contributed by atoms with Gasteiger partial charge in [-0.2, -0.15) is 11.8 Å². The number of halogens is 1. The van der Waals surface area contributed by atoms with Crippen LogP contribution < -0.4 is 5.32 Å². The third-order valence-corrected chi connectivity index (χ3v) is 2.24. The van der Waals surface area contributed by atoms with Crippen LogP contribution in [0.1, 0.15) is 27.2 Å². The molecule has 0 bridgehead atoms. The highest BCUT2D eigenvalue weighted by Crippen LogP contribution is 2.08. The van der Waals surface area contributed by atoms with Crippen LogP contribution in [0.2, 0.25) is 0 Å². The van der Waals surface area contributed by atoms with E-state index in [1.54, 1.807) is 20.8 Å². The van der Waals surface area contributed by atoms with Crippen molar-refractivity contribution in [1.29, 1.82) is 0 Å².